The summed E-state index contributed by atoms with van der Waals surface area (Å²) in [7, 11) is 0. The number of hydrogen-bond acceptors (Lipinski definition) is 4. The van der Waals surface area contributed by atoms with Crippen molar-refractivity contribution in [3.8, 4) is 0 Å². The van der Waals surface area contributed by atoms with Gasteiger partial charge in [0.1, 0.15) is 12.7 Å². The van der Waals surface area contributed by atoms with Crippen LogP contribution in [-0.2, 0) is 6.54 Å². The van der Waals surface area contributed by atoms with Gasteiger partial charge in [0.2, 0.25) is 0 Å². The minimum Gasteiger partial charge on any atom is -0.389 e. The Kier molecular flexibility index (Phi) is 2.79. The van der Waals surface area contributed by atoms with Gasteiger partial charge in [0.25, 0.3) is 0 Å². The van der Waals surface area contributed by atoms with Crippen LogP contribution in [0.25, 0.3) is 0 Å². The summed E-state index contributed by atoms with van der Waals surface area (Å²) in [6.07, 6.45) is 5.88. The highest BCUT2D eigenvalue weighted by atomic mass is 16.3. The number of β-amino-alcohol motifs (C(OH)–C–C–N with tert-alkyl or cyclic N) is 1. The predicted molar refractivity (Wildman–Crippen MR) is 51.7 cm³/mol. The van der Waals surface area contributed by atoms with E-state index in [-0.39, 0.29) is 0 Å². The Balaban J connectivity index is 1.72. The molecule has 0 aliphatic carbocycles. The topological polar surface area (TPSA) is 63.0 Å². The highest BCUT2D eigenvalue weighted by molar-refractivity contribution is 4.87. The number of aryl methyl sites for hydroxylation is 1. The molecule has 2 N–H and O–H groups in total. The fourth-order valence-electron chi connectivity index (χ4n) is 1.86. The number of nitrogens with zero attached hydrogens (tertiary/aromatic N) is 3. The molecule has 1 aliphatic rings. The summed E-state index contributed by atoms with van der Waals surface area (Å²) < 4.78 is 1.80. The van der Waals surface area contributed by atoms with Crippen molar-refractivity contribution in [2.24, 2.45) is 0 Å². The Hall–Kier alpha value is -0.940. The Labute approximate surface area is 83.2 Å². The summed E-state index contributed by atoms with van der Waals surface area (Å²) in [5, 5.41) is 17.2. The predicted octanol–water partition coefficient (Wildman–Crippen LogP) is -0.217. The Morgan fingerprint density at radius 1 is 1.57 bits per heavy atom. The lowest BCUT2D eigenvalue weighted by Gasteiger charge is -2.20. The molecule has 0 aromatic carbocycles. The van der Waals surface area contributed by atoms with Crippen molar-refractivity contribution in [2.75, 3.05) is 13.1 Å². The van der Waals surface area contributed by atoms with E-state index < -0.39 is 5.60 Å². The molecule has 2 heterocycles. The van der Waals surface area contributed by atoms with E-state index in [0.717, 1.165) is 38.9 Å². The Bertz CT molecular complexity index is 266. The second-order valence-corrected chi connectivity index (χ2v) is 3.91. The molecule has 1 aliphatic heterocycles. The molecular formula is C9H16N4O. The molecule has 0 spiro atoms. The quantitative estimate of drug-likeness (QED) is 0.699. The number of aromatic nitrogens is 3. The maximum Gasteiger partial charge on any atom is 0.137 e. The zero-order valence-electron chi connectivity index (χ0n) is 8.19. The van der Waals surface area contributed by atoms with Crippen LogP contribution in [0, 0.1) is 0 Å². The van der Waals surface area contributed by atoms with Gasteiger partial charge in [-0.1, -0.05) is 0 Å². The van der Waals surface area contributed by atoms with Crippen LogP contribution < -0.4 is 5.32 Å². The number of nitrogens with one attached hydrogen (secondary N) is 1. The molecule has 1 atom stereocenters. The third kappa shape index (κ3) is 2.30. The van der Waals surface area contributed by atoms with Crippen molar-refractivity contribution in [2.45, 2.75) is 31.4 Å². The molecule has 1 aromatic rings. The van der Waals surface area contributed by atoms with Gasteiger partial charge in [0, 0.05) is 13.1 Å². The Morgan fingerprint density at radius 2 is 2.50 bits per heavy atom. The minimum atomic E-state index is -0.486. The molecule has 14 heavy (non-hydrogen) atoms. The first-order valence-electron chi connectivity index (χ1n) is 5.04. The van der Waals surface area contributed by atoms with Crippen LogP contribution in [0.3, 0.4) is 0 Å². The van der Waals surface area contributed by atoms with Crippen molar-refractivity contribution in [1.82, 2.24) is 20.1 Å². The summed E-state index contributed by atoms with van der Waals surface area (Å²) in [5.41, 5.74) is -0.486. The van der Waals surface area contributed by atoms with Gasteiger partial charge in [-0.05, 0) is 25.8 Å². The van der Waals surface area contributed by atoms with Gasteiger partial charge in [-0.15, -0.1) is 0 Å². The minimum absolute atomic E-state index is 0.486. The molecule has 0 amide bonds. The van der Waals surface area contributed by atoms with Crippen LogP contribution in [0.15, 0.2) is 12.7 Å². The zero-order chi connectivity index (χ0) is 9.86. The molecule has 1 fully saturated rings. The van der Waals surface area contributed by atoms with Crippen LogP contribution in [0.2, 0.25) is 0 Å². The fraction of sp³-hybridized carbons (Fsp3) is 0.778. The van der Waals surface area contributed by atoms with E-state index in [4.69, 9.17) is 0 Å². The molecule has 2 rings (SSSR count). The first-order valence-corrected chi connectivity index (χ1v) is 5.04. The lowest BCUT2D eigenvalue weighted by atomic mass is 9.97. The first kappa shape index (κ1) is 9.61. The van der Waals surface area contributed by atoms with Crippen LogP contribution >= 0.6 is 0 Å². The fourth-order valence-corrected chi connectivity index (χ4v) is 1.86. The summed E-state index contributed by atoms with van der Waals surface area (Å²) >= 11 is 0. The molecule has 5 nitrogen and oxygen atoms in total. The first-order chi connectivity index (χ1) is 6.79. The van der Waals surface area contributed by atoms with Crippen LogP contribution in [0.1, 0.15) is 19.3 Å². The molecule has 1 unspecified atom stereocenters. The maximum atomic E-state index is 10.0. The van der Waals surface area contributed by atoms with Crippen molar-refractivity contribution >= 4 is 0 Å². The molecular weight excluding hydrogens is 180 g/mol. The molecule has 78 valence electrons. The zero-order valence-corrected chi connectivity index (χ0v) is 8.19. The largest absolute Gasteiger partial charge is 0.389 e. The lowest BCUT2D eigenvalue weighted by molar-refractivity contribution is 0.0488. The third-order valence-electron chi connectivity index (χ3n) is 2.72. The normalized spacial score (nSPS) is 26.9. The van der Waals surface area contributed by atoms with Crippen LogP contribution in [-0.4, -0.2) is 38.6 Å². The van der Waals surface area contributed by atoms with Gasteiger partial charge in [-0.3, -0.25) is 4.68 Å². The average Bonchev–Trinajstić information content (AvgIpc) is 2.77. The van der Waals surface area contributed by atoms with Crippen LogP contribution in [0.5, 0.6) is 0 Å². The van der Waals surface area contributed by atoms with Gasteiger partial charge >= 0.3 is 0 Å². The summed E-state index contributed by atoms with van der Waals surface area (Å²) in [4.78, 5) is 3.87. The Morgan fingerprint density at radius 3 is 3.14 bits per heavy atom. The smallest absolute Gasteiger partial charge is 0.137 e. The molecule has 1 aromatic heterocycles. The van der Waals surface area contributed by atoms with E-state index in [1.807, 2.05) is 0 Å². The molecule has 0 radical (unpaired) electrons. The van der Waals surface area contributed by atoms with Gasteiger partial charge < -0.3 is 10.4 Å². The van der Waals surface area contributed by atoms with E-state index in [1.165, 1.54) is 6.33 Å². The van der Waals surface area contributed by atoms with Crippen molar-refractivity contribution in [3.63, 3.8) is 0 Å². The van der Waals surface area contributed by atoms with Crippen molar-refractivity contribution in [1.29, 1.82) is 0 Å². The van der Waals surface area contributed by atoms with Crippen molar-refractivity contribution in [3.05, 3.63) is 12.7 Å². The van der Waals surface area contributed by atoms with E-state index in [2.05, 4.69) is 15.4 Å². The standard InChI is InChI=1S/C9H16N4O/c14-9(3-4-10-6-9)2-1-5-13-8-11-7-12-13/h7-8,10,14H,1-6H2. The van der Waals surface area contributed by atoms with Gasteiger partial charge in [-0.25, -0.2) is 4.98 Å². The average molecular weight is 196 g/mol. The molecule has 0 bridgehead atoms. The van der Waals surface area contributed by atoms with Gasteiger partial charge in [0.05, 0.1) is 5.60 Å². The second-order valence-electron chi connectivity index (χ2n) is 3.91. The molecule has 0 saturated carbocycles. The van der Waals surface area contributed by atoms with E-state index in [0.29, 0.717) is 0 Å². The second kappa shape index (κ2) is 4.06. The SMILES string of the molecule is OC1(CCCn2cncn2)CCNC1. The third-order valence-corrected chi connectivity index (χ3v) is 2.72. The monoisotopic (exact) mass is 196 g/mol. The van der Waals surface area contributed by atoms with E-state index >= 15 is 0 Å². The van der Waals surface area contributed by atoms with Gasteiger partial charge in [0.15, 0.2) is 0 Å². The highest BCUT2D eigenvalue weighted by Crippen LogP contribution is 2.20. The molecule has 1 saturated heterocycles. The summed E-state index contributed by atoms with van der Waals surface area (Å²) in [5.74, 6) is 0. The summed E-state index contributed by atoms with van der Waals surface area (Å²) in [6.45, 7) is 2.49. The van der Waals surface area contributed by atoms with E-state index in [9.17, 15) is 5.11 Å². The highest BCUT2D eigenvalue weighted by Gasteiger charge is 2.29. The number of aliphatic hydroxyl groups is 1. The molecule has 5 heteroatoms. The summed E-state index contributed by atoms with van der Waals surface area (Å²) in [6, 6.07) is 0. The maximum absolute atomic E-state index is 10.0. The number of hydrogen-bond donors (Lipinski definition) is 2. The van der Waals surface area contributed by atoms with Gasteiger partial charge in [-0.2, -0.15) is 5.10 Å². The van der Waals surface area contributed by atoms with Crippen molar-refractivity contribution < 1.29 is 5.11 Å². The lowest BCUT2D eigenvalue weighted by Crippen LogP contribution is -2.31. The number of rotatable bonds is 4. The van der Waals surface area contributed by atoms with Crippen LogP contribution in [0.4, 0.5) is 0 Å². The van der Waals surface area contributed by atoms with E-state index in [1.54, 1.807) is 11.0 Å².